The molecule has 0 aromatic carbocycles. The van der Waals surface area contributed by atoms with Crippen LogP contribution in [-0.2, 0) is 0 Å². The zero-order valence-electron chi connectivity index (χ0n) is 8.76. The van der Waals surface area contributed by atoms with E-state index in [0.29, 0.717) is 0 Å². The van der Waals surface area contributed by atoms with Crippen molar-refractivity contribution in [1.29, 1.82) is 0 Å². The minimum absolute atomic E-state index is 0.216. The standard InChI is InChI=1S/C11H17ClN2/c1-3-4-10(12)8-14-11-5-6-13-9(2)7-11/h5-7,10H,3-4,8H2,1-2H3,(H,13,14). The Bertz CT molecular complexity index is 276. The van der Waals surface area contributed by atoms with Crippen molar-refractivity contribution in [2.45, 2.75) is 32.1 Å². The van der Waals surface area contributed by atoms with E-state index < -0.39 is 0 Å². The SMILES string of the molecule is CCCC(Cl)CNc1ccnc(C)c1. The van der Waals surface area contributed by atoms with Gasteiger partial charge >= 0.3 is 0 Å². The summed E-state index contributed by atoms with van der Waals surface area (Å²) in [4.78, 5) is 4.13. The number of rotatable bonds is 5. The number of alkyl halides is 1. The number of nitrogens with zero attached hydrogens (tertiary/aromatic N) is 1. The number of aromatic nitrogens is 1. The molecule has 0 aliphatic rings. The highest BCUT2D eigenvalue weighted by molar-refractivity contribution is 6.20. The van der Waals surface area contributed by atoms with E-state index in [4.69, 9.17) is 11.6 Å². The molecular formula is C11H17ClN2. The maximum atomic E-state index is 6.09. The molecule has 0 aliphatic carbocycles. The molecule has 1 aromatic rings. The quantitative estimate of drug-likeness (QED) is 0.759. The highest BCUT2D eigenvalue weighted by Crippen LogP contribution is 2.10. The average Bonchev–Trinajstić information content (AvgIpc) is 2.15. The Morgan fingerprint density at radius 1 is 1.57 bits per heavy atom. The molecule has 78 valence electrons. The van der Waals surface area contributed by atoms with Gasteiger partial charge in [0.1, 0.15) is 0 Å². The second kappa shape index (κ2) is 5.86. The molecule has 14 heavy (non-hydrogen) atoms. The highest BCUT2D eigenvalue weighted by atomic mass is 35.5. The molecule has 1 N–H and O–H groups in total. The van der Waals surface area contributed by atoms with Crippen molar-refractivity contribution >= 4 is 17.3 Å². The van der Waals surface area contributed by atoms with Crippen LogP contribution in [0.2, 0.25) is 0 Å². The van der Waals surface area contributed by atoms with Gasteiger partial charge in [-0.05, 0) is 25.5 Å². The number of halogens is 1. The Morgan fingerprint density at radius 3 is 3.00 bits per heavy atom. The van der Waals surface area contributed by atoms with Crippen LogP contribution in [0, 0.1) is 6.92 Å². The summed E-state index contributed by atoms with van der Waals surface area (Å²) in [6.07, 6.45) is 3.99. The molecular weight excluding hydrogens is 196 g/mol. The summed E-state index contributed by atoms with van der Waals surface area (Å²) in [5.41, 5.74) is 2.12. The summed E-state index contributed by atoms with van der Waals surface area (Å²) in [6, 6.07) is 3.98. The fraction of sp³-hybridized carbons (Fsp3) is 0.545. The molecule has 1 atom stereocenters. The normalized spacial score (nSPS) is 12.5. The minimum Gasteiger partial charge on any atom is -0.383 e. The van der Waals surface area contributed by atoms with Gasteiger partial charge in [0.15, 0.2) is 0 Å². The van der Waals surface area contributed by atoms with Crippen molar-refractivity contribution in [3.05, 3.63) is 24.0 Å². The number of hydrogen-bond acceptors (Lipinski definition) is 2. The van der Waals surface area contributed by atoms with E-state index >= 15 is 0 Å². The summed E-state index contributed by atoms with van der Waals surface area (Å²) in [5, 5.41) is 3.51. The van der Waals surface area contributed by atoms with Crippen LogP contribution in [0.15, 0.2) is 18.3 Å². The van der Waals surface area contributed by atoms with E-state index in [-0.39, 0.29) is 5.38 Å². The molecule has 1 heterocycles. The maximum Gasteiger partial charge on any atom is 0.0508 e. The van der Waals surface area contributed by atoms with Crippen molar-refractivity contribution in [2.75, 3.05) is 11.9 Å². The van der Waals surface area contributed by atoms with Crippen molar-refractivity contribution in [3.8, 4) is 0 Å². The lowest BCUT2D eigenvalue weighted by Crippen LogP contribution is -2.13. The predicted octanol–water partition coefficient (Wildman–Crippen LogP) is 3.21. The summed E-state index contributed by atoms with van der Waals surface area (Å²) < 4.78 is 0. The van der Waals surface area contributed by atoms with Crippen molar-refractivity contribution in [2.24, 2.45) is 0 Å². The largest absolute Gasteiger partial charge is 0.383 e. The molecule has 3 heteroatoms. The van der Waals surface area contributed by atoms with E-state index in [1.165, 1.54) is 0 Å². The topological polar surface area (TPSA) is 24.9 Å². The first kappa shape index (κ1) is 11.3. The van der Waals surface area contributed by atoms with Crippen LogP contribution in [-0.4, -0.2) is 16.9 Å². The monoisotopic (exact) mass is 212 g/mol. The first-order valence-corrected chi connectivity index (χ1v) is 5.46. The average molecular weight is 213 g/mol. The van der Waals surface area contributed by atoms with Gasteiger partial charge in [-0.3, -0.25) is 4.98 Å². The van der Waals surface area contributed by atoms with Crippen molar-refractivity contribution in [3.63, 3.8) is 0 Å². The zero-order chi connectivity index (χ0) is 10.4. The molecule has 0 radical (unpaired) electrons. The fourth-order valence-corrected chi connectivity index (χ4v) is 1.59. The third-order valence-corrected chi connectivity index (χ3v) is 2.40. The van der Waals surface area contributed by atoms with E-state index in [9.17, 15) is 0 Å². The first-order valence-electron chi connectivity index (χ1n) is 5.03. The molecule has 1 unspecified atom stereocenters. The number of nitrogens with one attached hydrogen (secondary N) is 1. The van der Waals surface area contributed by atoms with Crippen LogP contribution < -0.4 is 5.32 Å². The number of pyridine rings is 1. The van der Waals surface area contributed by atoms with Gasteiger partial charge in [0.05, 0.1) is 5.38 Å². The van der Waals surface area contributed by atoms with Gasteiger partial charge in [-0.15, -0.1) is 11.6 Å². The van der Waals surface area contributed by atoms with Gasteiger partial charge in [0.25, 0.3) is 0 Å². The Kier molecular flexibility index (Phi) is 4.74. The van der Waals surface area contributed by atoms with Crippen LogP contribution in [0.4, 0.5) is 5.69 Å². The van der Waals surface area contributed by atoms with Gasteiger partial charge in [0, 0.05) is 24.1 Å². The molecule has 0 spiro atoms. The molecule has 0 amide bonds. The smallest absolute Gasteiger partial charge is 0.0508 e. The Morgan fingerprint density at radius 2 is 2.36 bits per heavy atom. The molecule has 0 fully saturated rings. The molecule has 0 saturated carbocycles. The zero-order valence-corrected chi connectivity index (χ0v) is 9.51. The van der Waals surface area contributed by atoms with Gasteiger partial charge in [-0.2, -0.15) is 0 Å². The molecule has 0 aliphatic heterocycles. The Hall–Kier alpha value is -0.760. The molecule has 1 rings (SSSR count). The van der Waals surface area contributed by atoms with Gasteiger partial charge < -0.3 is 5.32 Å². The lowest BCUT2D eigenvalue weighted by molar-refractivity contribution is 0.752. The Labute approximate surface area is 90.7 Å². The number of hydrogen-bond donors (Lipinski definition) is 1. The second-order valence-corrected chi connectivity index (χ2v) is 4.07. The molecule has 1 aromatic heterocycles. The Balaban J connectivity index is 2.37. The minimum atomic E-state index is 0.216. The number of anilines is 1. The third kappa shape index (κ3) is 3.97. The number of aryl methyl sites for hydroxylation is 1. The predicted molar refractivity (Wildman–Crippen MR) is 62.0 cm³/mol. The van der Waals surface area contributed by atoms with E-state index in [0.717, 1.165) is 30.8 Å². The summed E-state index contributed by atoms with van der Waals surface area (Å²) in [5.74, 6) is 0. The van der Waals surface area contributed by atoms with E-state index in [1.807, 2.05) is 19.1 Å². The van der Waals surface area contributed by atoms with E-state index in [2.05, 4.69) is 17.2 Å². The lowest BCUT2D eigenvalue weighted by Gasteiger charge is -2.10. The van der Waals surface area contributed by atoms with Crippen molar-refractivity contribution < 1.29 is 0 Å². The van der Waals surface area contributed by atoms with Gasteiger partial charge in [0.2, 0.25) is 0 Å². The van der Waals surface area contributed by atoms with Crippen LogP contribution in [0.25, 0.3) is 0 Å². The summed E-state index contributed by atoms with van der Waals surface area (Å²) in [6.45, 7) is 4.94. The van der Waals surface area contributed by atoms with Crippen LogP contribution in [0.1, 0.15) is 25.5 Å². The fourth-order valence-electron chi connectivity index (χ4n) is 1.30. The molecule has 0 bridgehead atoms. The summed E-state index contributed by atoms with van der Waals surface area (Å²) >= 11 is 6.09. The molecule has 0 saturated heterocycles. The molecule has 2 nitrogen and oxygen atoms in total. The summed E-state index contributed by atoms with van der Waals surface area (Å²) in [7, 11) is 0. The first-order chi connectivity index (χ1) is 6.72. The third-order valence-electron chi connectivity index (χ3n) is 2.03. The van der Waals surface area contributed by atoms with Crippen molar-refractivity contribution in [1.82, 2.24) is 4.98 Å². The van der Waals surface area contributed by atoms with Gasteiger partial charge in [-0.25, -0.2) is 0 Å². The maximum absolute atomic E-state index is 6.09. The highest BCUT2D eigenvalue weighted by Gasteiger charge is 2.02. The van der Waals surface area contributed by atoms with Crippen LogP contribution in [0.5, 0.6) is 0 Å². The lowest BCUT2D eigenvalue weighted by atomic mass is 10.2. The van der Waals surface area contributed by atoms with Crippen LogP contribution in [0.3, 0.4) is 0 Å². The second-order valence-electron chi connectivity index (χ2n) is 3.45. The van der Waals surface area contributed by atoms with E-state index in [1.54, 1.807) is 6.20 Å². The van der Waals surface area contributed by atoms with Crippen LogP contribution >= 0.6 is 11.6 Å². The van der Waals surface area contributed by atoms with Gasteiger partial charge in [-0.1, -0.05) is 13.3 Å².